The zero-order valence-corrected chi connectivity index (χ0v) is 21.0. The number of rotatable bonds is 7. The molecule has 1 atom stereocenters. The molecule has 0 radical (unpaired) electrons. The van der Waals surface area contributed by atoms with Crippen molar-refractivity contribution in [1.29, 1.82) is 0 Å². The molecule has 1 N–H and O–H groups in total. The van der Waals surface area contributed by atoms with Crippen molar-refractivity contribution < 1.29 is 8.73 Å². The number of hydrogen-bond donors (Lipinski definition) is 1. The van der Waals surface area contributed by atoms with Crippen LogP contribution in [0.15, 0.2) is 34.2 Å². The standard InChI is InChI=1S/C18H26N2O2S.3C2H6/c1-5-9-15(18-13(3)19-22-14(18)4)12-17(6-2)23(21)20-16-10-7-8-11-16;3*1-2/h5,9,12,16,20H,1,6-8,10-11H2,2-4H3;3*1-2H3/b15-9+,17-12+;;;. The van der Waals surface area contributed by atoms with E-state index in [-0.39, 0.29) is 0 Å². The maximum Gasteiger partial charge on any atom is 0.141 e. The molecule has 2 rings (SSSR count). The minimum Gasteiger partial charge on any atom is -0.361 e. The van der Waals surface area contributed by atoms with E-state index in [1.165, 1.54) is 12.8 Å². The largest absolute Gasteiger partial charge is 0.361 e. The Hall–Kier alpha value is -1.46. The lowest BCUT2D eigenvalue weighted by Crippen LogP contribution is -2.28. The fraction of sp³-hybridized carbons (Fsp3) is 0.625. The molecule has 1 aliphatic rings. The van der Waals surface area contributed by atoms with Gasteiger partial charge in [-0.25, -0.2) is 8.93 Å². The Morgan fingerprint density at radius 3 is 2.14 bits per heavy atom. The van der Waals surface area contributed by atoms with Crippen LogP contribution in [0.2, 0.25) is 0 Å². The summed E-state index contributed by atoms with van der Waals surface area (Å²) in [6.45, 7) is 21.6. The van der Waals surface area contributed by atoms with Crippen molar-refractivity contribution in [1.82, 2.24) is 9.88 Å². The third-order valence-electron chi connectivity index (χ3n) is 4.15. The Kier molecular flexibility index (Phi) is 19.0. The normalized spacial score (nSPS) is 15.2. The molecule has 29 heavy (non-hydrogen) atoms. The summed E-state index contributed by atoms with van der Waals surface area (Å²) in [4.78, 5) is 0.880. The molecule has 0 saturated heterocycles. The molecule has 4 nitrogen and oxygen atoms in total. The van der Waals surface area contributed by atoms with Crippen molar-refractivity contribution in [3.8, 4) is 0 Å². The zero-order valence-electron chi connectivity index (χ0n) is 20.2. The van der Waals surface area contributed by atoms with E-state index in [9.17, 15) is 4.21 Å². The van der Waals surface area contributed by atoms with E-state index >= 15 is 0 Å². The predicted molar refractivity (Wildman–Crippen MR) is 130 cm³/mol. The lowest BCUT2D eigenvalue weighted by Gasteiger charge is -2.13. The van der Waals surface area contributed by atoms with E-state index in [1.807, 2.05) is 74.5 Å². The Bertz CT molecular complexity index is 620. The summed E-state index contributed by atoms with van der Waals surface area (Å²) in [7, 11) is -1.16. The van der Waals surface area contributed by atoms with Gasteiger partial charge in [-0.2, -0.15) is 0 Å². The second kappa shape index (κ2) is 18.6. The van der Waals surface area contributed by atoms with Crippen LogP contribution in [0.3, 0.4) is 0 Å². The minimum absolute atomic E-state index is 0.372. The molecule has 5 heteroatoms. The number of allylic oxidation sites excluding steroid dienone is 5. The van der Waals surface area contributed by atoms with Crippen molar-refractivity contribution in [2.45, 2.75) is 100 Å². The first-order chi connectivity index (χ1) is 14.1. The second-order valence-electron chi connectivity index (χ2n) is 5.89. The predicted octanol–water partition coefficient (Wildman–Crippen LogP) is 7.43. The molecule has 1 fully saturated rings. The molecule has 0 spiro atoms. The summed E-state index contributed by atoms with van der Waals surface area (Å²) in [6.07, 6.45) is 11.0. The molecular formula is C24H44N2O2S. The third-order valence-corrected chi connectivity index (χ3v) is 5.58. The monoisotopic (exact) mass is 424 g/mol. The van der Waals surface area contributed by atoms with Gasteiger partial charge in [0.25, 0.3) is 0 Å². The molecule has 0 aliphatic heterocycles. The summed E-state index contributed by atoms with van der Waals surface area (Å²) in [5.41, 5.74) is 2.72. The maximum atomic E-state index is 12.6. The lowest BCUT2D eigenvalue weighted by molar-refractivity contribution is 0.393. The summed E-state index contributed by atoms with van der Waals surface area (Å²) in [5, 5.41) is 4.01. The Morgan fingerprint density at radius 2 is 1.72 bits per heavy atom. The van der Waals surface area contributed by atoms with Crippen molar-refractivity contribution >= 4 is 16.6 Å². The lowest BCUT2D eigenvalue weighted by atomic mass is 10.0. The molecule has 168 valence electrons. The Morgan fingerprint density at radius 1 is 1.17 bits per heavy atom. The number of nitrogens with one attached hydrogen (secondary N) is 1. The quantitative estimate of drug-likeness (QED) is 0.463. The summed E-state index contributed by atoms with van der Waals surface area (Å²) in [6, 6.07) is 0.372. The fourth-order valence-electron chi connectivity index (χ4n) is 2.96. The maximum absolute atomic E-state index is 12.6. The van der Waals surface area contributed by atoms with Crippen LogP contribution in [-0.4, -0.2) is 15.4 Å². The van der Waals surface area contributed by atoms with Gasteiger partial charge < -0.3 is 4.52 Å². The van der Waals surface area contributed by atoms with Crippen LogP contribution >= 0.6 is 0 Å². The Balaban J connectivity index is 0. The topological polar surface area (TPSA) is 55.1 Å². The van der Waals surface area contributed by atoms with Crippen LogP contribution in [0.5, 0.6) is 0 Å². The van der Waals surface area contributed by atoms with Gasteiger partial charge in [-0.05, 0) is 44.8 Å². The first-order valence-corrected chi connectivity index (χ1v) is 12.4. The molecule has 1 aliphatic carbocycles. The SMILES string of the molecule is C=C/C=C(\C=C(/CC)S(=O)NC1CCCC1)c1c(C)noc1C.CC.CC.CC. The van der Waals surface area contributed by atoms with Crippen molar-refractivity contribution in [2.75, 3.05) is 0 Å². The van der Waals surface area contributed by atoms with Crippen molar-refractivity contribution in [3.05, 3.63) is 46.7 Å². The zero-order chi connectivity index (χ0) is 22.8. The Labute approximate surface area is 182 Å². The summed E-state index contributed by atoms with van der Waals surface area (Å²) >= 11 is 0. The van der Waals surface area contributed by atoms with Crippen molar-refractivity contribution in [3.63, 3.8) is 0 Å². The van der Waals surface area contributed by atoms with Gasteiger partial charge in [0.2, 0.25) is 0 Å². The molecule has 1 aromatic heterocycles. The van der Waals surface area contributed by atoms with Crippen LogP contribution in [0.4, 0.5) is 0 Å². The number of nitrogens with zero attached hydrogens (tertiary/aromatic N) is 1. The highest BCUT2D eigenvalue weighted by molar-refractivity contribution is 7.87. The number of aryl methyl sites for hydroxylation is 2. The van der Waals surface area contributed by atoms with Gasteiger partial charge >= 0.3 is 0 Å². The summed E-state index contributed by atoms with van der Waals surface area (Å²) in [5.74, 6) is 0.761. The average Bonchev–Trinajstić information content (AvgIpc) is 3.39. The van der Waals surface area contributed by atoms with Gasteiger partial charge in [0, 0.05) is 16.5 Å². The molecule has 1 saturated carbocycles. The number of aromatic nitrogens is 1. The fourth-order valence-corrected chi connectivity index (χ4v) is 4.14. The number of hydrogen-bond acceptors (Lipinski definition) is 3. The van der Waals surface area contributed by atoms with E-state index in [0.29, 0.717) is 6.04 Å². The highest BCUT2D eigenvalue weighted by Crippen LogP contribution is 2.27. The van der Waals surface area contributed by atoms with Crippen LogP contribution < -0.4 is 4.72 Å². The van der Waals surface area contributed by atoms with Crippen molar-refractivity contribution in [2.24, 2.45) is 0 Å². The molecule has 1 heterocycles. The minimum atomic E-state index is -1.16. The first kappa shape index (κ1) is 29.7. The molecule has 0 bridgehead atoms. The molecule has 1 unspecified atom stereocenters. The van der Waals surface area contributed by atoms with Crippen LogP contribution in [-0.2, 0) is 11.0 Å². The van der Waals surface area contributed by atoms with E-state index < -0.39 is 11.0 Å². The molecule has 1 aromatic rings. The second-order valence-corrected chi connectivity index (χ2v) is 7.19. The highest BCUT2D eigenvalue weighted by Gasteiger charge is 2.19. The van der Waals surface area contributed by atoms with E-state index in [2.05, 4.69) is 16.5 Å². The van der Waals surface area contributed by atoms with Gasteiger partial charge in [-0.3, -0.25) is 0 Å². The average molecular weight is 425 g/mol. The molecular weight excluding hydrogens is 380 g/mol. The third kappa shape index (κ3) is 10.2. The van der Waals surface area contributed by atoms with Gasteiger partial charge in [-0.15, -0.1) is 0 Å². The molecule has 0 aromatic carbocycles. The van der Waals surface area contributed by atoms with Crippen LogP contribution in [0.25, 0.3) is 5.57 Å². The van der Waals surface area contributed by atoms with Gasteiger partial charge in [0.05, 0.1) is 5.69 Å². The molecule has 0 amide bonds. The van der Waals surface area contributed by atoms with Crippen LogP contribution in [0, 0.1) is 13.8 Å². The van der Waals surface area contributed by atoms with E-state index in [4.69, 9.17) is 4.52 Å². The van der Waals surface area contributed by atoms with Gasteiger partial charge in [0.1, 0.15) is 16.7 Å². The van der Waals surface area contributed by atoms with Gasteiger partial charge in [-0.1, -0.05) is 85.2 Å². The van der Waals surface area contributed by atoms with E-state index in [1.54, 1.807) is 6.08 Å². The highest BCUT2D eigenvalue weighted by atomic mass is 32.2. The smallest absolute Gasteiger partial charge is 0.141 e. The van der Waals surface area contributed by atoms with Gasteiger partial charge in [0.15, 0.2) is 0 Å². The first-order valence-electron chi connectivity index (χ1n) is 11.2. The van der Waals surface area contributed by atoms with E-state index in [0.717, 1.165) is 46.8 Å². The van der Waals surface area contributed by atoms with Crippen LogP contribution in [0.1, 0.15) is 97.6 Å². The summed E-state index contributed by atoms with van der Waals surface area (Å²) < 4.78 is 21.2.